The van der Waals surface area contributed by atoms with E-state index in [9.17, 15) is 14.7 Å². The van der Waals surface area contributed by atoms with Crippen molar-refractivity contribution < 1.29 is 36.7 Å². The molecule has 0 radical (unpaired) electrons. The van der Waals surface area contributed by atoms with Gasteiger partial charge in [-0.1, -0.05) is 0 Å². The van der Waals surface area contributed by atoms with Gasteiger partial charge >= 0.3 is 0 Å². The average Bonchev–Trinajstić information content (AvgIpc) is 2.68. The molecule has 1 fully saturated rings. The van der Waals surface area contributed by atoms with Gasteiger partial charge in [0.2, 0.25) is 0 Å². The number of halogens is 1. The Balaban J connectivity index is 0.00000280. The molecule has 8 nitrogen and oxygen atoms in total. The molecule has 0 saturated carbocycles. The molecule has 2 heterocycles. The molecule has 0 atom stereocenters. The molecule has 0 unspecified atom stereocenters. The molecule has 9 heteroatoms. The predicted octanol–water partition coefficient (Wildman–Crippen LogP) is -2.95. The van der Waals surface area contributed by atoms with Crippen LogP contribution in [0.15, 0.2) is 16.9 Å². The summed E-state index contributed by atoms with van der Waals surface area (Å²) in [6.07, 6.45) is 3.68. The number of hydrogen-bond donors (Lipinski definition) is 4. The highest BCUT2D eigenvalue weighted by Crippen LogP contribution is 2.35. The Morgan fingerprint density at radius 1 is 1.18 bits per heavy atom. The topological polar surface area (TPSA) is 105 Å². The summed E-state index contributed by atoms with van der Waals surface area (Å²) in [5, 5.41) is 13.6. The Hall–Kier alpha value is -2.45. The number of aromatic nitrogens is 1. The number of carbonyl (C=O) groups excluding carboxylic acids is 1. The van der Waals surface area contributed by atoms with E-state index in [0.717, 1.165) is 19.6 Å². The normalized spacial score (nSPS) is 14.4. The quantitative estimate of drug-likeness (QED) is 0.407. The van der Waals surface area contributed by atoms with Gasteiger partial charge in [-0.2, -0.15) is 0 Å². The Morgan fingerprint density at radius 2 is 1.82 bits per heavy atom. The summed E-state index contributed by atoms with van der Waals surface area (Å²) < 4.78 is 10.4. The zero-order chi connectivity index (χ0) is 19.4. The monoisotopic (exact) mass is 411 g/mol. The fourth-order valence-electron chi connectivity index (χ4n) is 3.56. The number of hydrogen-bond acceptors (Lipinski definition) is 5. The predicted molar refractivity (Wildman–Crippen MR) is 101 cm³/mol. The van der Waals surface area contributed by atoms with Crippen molar-refractivity contribution in [2.24, 2.45) is 0 Å². The first kappa shape index (κ1) is 21.8. The average molecular weight is 412 g/mol. The number of benzene rings is 1. The standard InChI is InChI=1S/C19H25N3O5.ClH/c1-26-14-10-12-13(11-15(14)27-2)21-19(25)16(17(12)23)18(24)20-6-9-22-7-4-3-5-8-22;/h10-11H,3-9H2,1-2H3,(H,20,24)(H2,21,23,25);1H. The highest BCUT2D eigenvalue weighted by Gasteiger charge is 2.21. The van der Waals surface area contributed by atoms with Crippen molar-refractivity contribution in [2.45, 2.75) is 19.3 Å². The molecule has 28 heavy (non-hydrogen) atoms. The molecule has 0 spiro atoms. The number of pyridine rings is 1. The Bertz CT molecular complexity index is 893. The van der Waals surface area contributed by atoms with Crippen molar-refractivity contribution in [1.29, 1.82) is 0 Å². The number of piperidine rings is 1. The molecule has 1 aliphatic rings. The SMILES string of the molecule is COc1cc2[nH]c(=O)c(C(=O)NCC[NH+]3CCCCC3)c(O)c2cc1OC.[Cl-]. The first-order valence-corrected chi connectivity index (χ1v) is 9.18. The molecule has 1 aromatic carbocycles. The Labute approximate surface area is 169 Å². The molecule has 0 aliphatic carbocycles. The highest BCUT2D eigenvalue weighted by atomic mass is 35.5. The van der Waals surface area contributed by atoms with Gasteiger partial charge in [0.25, 0.3) is 11.5 Å². The number of methoxy groups -OCH3 is 2. The van der Waals surface area contributed by atoms with Gasteiger partial charge in [0.1, 0.15) is 11.3 Å². The molecule has 154 valence electrons. The van der Waals surface area contributed by atoms with Gasteiger partial charge in [0, 0.05) is 11.5 Å². The summed E-state index contributed by atoms with van der Waals surface area (Å²) in [5.41, 5.74) is -0.567. The summed E-state index contributed by atoms with van der Waals surface area (Å²) in [6, 6.07) is 3.09. The lowest BCUT2D eigenvalue weighted by Crippen LogP contribution is -3.13. The number of rotatable bonds is 6. The smallest absolute Gasteiger partial charge is 0.265 e. The molecule has 1 amide bonds. The fraction of sp³-hybridized carbons (Fsp3) is 0.474. The molecule has 2 aromatic rings. The van der Waals surface area contributed by atoms with Gasteiger partial charge in [0.05, 0.1) is 45.9 Å². The van der Waals surface area contributed by atoms with Crippen LogP contribution in [0.4, 0.5) is 0 Å². The summed E-state index contributed by atoms with van der Waals surface area (Å²) in [5.74, 6) is -0.131. The lowest BCUT2D eigenvalue weighted by atomic mass is 10.1. The van der Waals surface area contributed by atoms with Crippen molar-refractivity contribution in [3.05, 3.63) is 28.0 Å². The van der Waals surface area contributed by atoms with Gasteiger partial charge in [-0.05, 0) is 25.3 Å². The lowest BCUT2D eigenvalue weighted by Gasteiger charge is -2.23. The van der Waals surface area contributed by atoms with Crippen molar-refractivity contribution in [1.82, 2.24) is 10.3 Å². The van der Waals surface area contributed by atoms with Crippen LogP contribution in [0.25, 0.3) is 10.9 Å². The van der Waals surface area contributed by atoms with Gasteiger partial charge < -0.3 is 42.2 Å². The van der Waals surface area contributed by atoms with Crippen molar-refractivity contribution >= 4 is 16.8 Å². The second-order valence-corrected chi connectivity index (χ2v) is 6.75. The number of ether oxygens (including phenoxy) is 2. The third-order valence-corrected chi connectivity index (χ3v) is 5.04. The van der Waals surface area contributed by atoms with E-state index < -0.39 is 11.5 Å². The second-order valence-electron chi connectivity index (χ2n) is 6.75. The van der Waals surface area contributed by atoms with Crippen LogP contribution >= 0.6 is 0 Å². The van der Waals surface area contributed by atoms with Gasteiger partial charge in [-0.25, -0.2) is 0 Å². The number of amides is 1. The maximum atomic E-state index is 12.5. The van der Waals surface area contributed by atoms with Gasteiger partial charge in [0.15, 0.2) is 11.5 Å². The lowest BCUT2D eigenvalue weighted by molar-refractivity contribution is -0.903. The Kier molecular flexibility index (Phi) is 7.53. The molecule has 1 aliphatic heterocycles. The third-order valence-electron chi connectivity index (χ3n) is 5.04. The number of carbonyl (C=O) groups is 1. The largest absolute Gasteiger partial charge is 1.00 e. The Morgan fingerprint density at radius 3 is 2.46 bits per heavy atom. The third kappa shape index (κ3) is 4.51. The minimum atomic E-state index is -0.643. The number of fused-ring (bicyclic) bond motifs is 1. The molecule has 1 saturated heterocycles. The zero-order valence-corrected chi connectivity index (χ0v) is 16.8. The van der Waals surface area contributed by atoms with E-state index in [-0.39, 0.29) is 23.7 Å². The highest BCUT2D eigenvalue weighted by molar-refractivity contribution is 6.02. The van der Waals surface area contributed by atoms with E-state index in [2.05, 4.69) is 10.3 Å². The van der Waals surface area contributed by atoms with Crippen molar-refractivity contribution in [3.63, 3.8) is 0 Å². The number of H-pyrrole nitrogens is 1. The van der Waals surface area contributed by atoms with E-state index in [1.807, 2.05) is 0 Å². The van der Waals surface area contributed by atoms with E-state index in [1.165, 1.54) is 44.4 Å². The van der Waals surface area contributed by atoms with E-state index in [1.54, 1.807) is 6.07 Å². The van der Waals surface area contributed by atoms with Crippen molar-refractivity contribution in [2.75, 3.05) is 40.4 Å². The minimum absolute atomic E-state index is 0. The van der Waals surface area contributed by atoms with Crippen LogP contribution in [-0.4, -0.2) is 56.4 Å². The molecular weight excluding hydrogens is 386 g/mol. The summed E-state index contributed by atoms with van der Waals surface area (Å²) in [6.45, 7) is 3.48. The summed E-state index contributed by atoms with van der Waals surface area (Å²) in [4.78, 5) is 28.9. The van der Waals surface area contributed by atoms with Crippen LogP contribution in [0.3, 0.4) is 0 Å². The zero-order valence-electron chi connectivity index (χ0n) is 16.1. The van der Waals surface area contributed by atoms with E-state index >= 15 is 0 Å². The minimum Gasteiger partial charge on any atom is -1.00 e. The van der Waals surface area contributed by atoms with Gasteiger partial charge in [-0.15, -0.1) is 0 Å². The maximum Gasteiger partial charge on any atom is 0.265 e. The number of nitrogens with one attached hydrogen (secondary N) is 3. The molecule has 4 N–H and O–H groups in total. The summed E-state index contributed by atoms with van der Waals surface area (Å²) in [7, 11) is 2.96. The molecule has 3 rings (SSSR count). The number of aromatic amines is 1. The number of likely N-dealkylation sites (tertiary alicyclic amines) is 1. The fourth-order valence-corrected chi connectivity index (χ4v) is 3.56. The number of aromatic hydroxyl groups is 1. The van der Waals surface area contributed by atoms with E-state index in [0.29, 0.717) is 28.9 Å². The number of quaternary nitrogens is 1. The van der Waals surface area contributed by atoms with Crippen LogP contribution in [-0.2, 0) is 0 Å². The van der Waals surface area contributed by atoms with Crippen LogP contribution in [0.1, 0.15) is 29.6 Å². The van der Waals surface area contributed by atoms with Crippen molar-refractivity contribution in [3.8, 4) is 17.2 Å². The van der Waals surface area contributed by atoms with E-state index in [4.69, 9.17) is 9.47 Å². The van der Waals surface area contributed by atoms with Crippen LogP contribution in [0.5, 0.6) is 17.2 Å². The maximum absolute atomic E-state index is 12.5. The summed E-state index contributed by atoms with van der Waals surface area (Å²) >= 11 is 0. The first-order chi connectivity index (χ1) is 13.0. The first-order valence-electron chi connectivity index (χ1n) is 9.18. The molecular formula is C19H26ClN3O5. The second kappa shape index (κ2) is 9.66. The van der Waals surface area contributed by atoms with Crippen LogP contribution in [0.2, 0.25) is 0 Å². The molecule has 0 bridgehead atoms. The van der Waals surface area contributed by atoms with Crippen LogP contribution < -0.4 is 37.7 Å². The van der Waals surface area contributed by atoms with Gasteiger partial charge in [-0.3, -0.25) is 9.59 Å². The van der Waals surface area contributed by atoms with Crippen LogP contribution in [0, 0.1) is 0 Å². The molecule has 1 aromatic heterocycles.